The first-order chi connectivity index (χ1) is 16.2. The standard InChI is InChI=1S/C25H31ClN6O2/c1-16-5-7-18(8-6-16)32-22(14-21(31-32)25(2,3)4)30-24(33)29-17-13-20(26)23(28-15-17)34-19-9-11-27-12-10-19/h5-8,13-15,19,27H,9-12H2,1-4H3,(H2,29,30,33). The predicted octanol–water partition coefficient (Wildman–Crippen LogP) is 5.30. The fourth-order valence-electron chi connectivity index (χ4n) is 3.65. The summed E-state index contributed by atoms with van der Waals surface area (Å²) in [7, 11) is 0. The molecule has 0 spiro atoms. The first-order valence-electron chi connectivity index (χ1n) is 11.5. The highest BCUT2D eigenvalue weighted by atomic mass is 35.5. The molecule has 0 radical (unpaired) electrons. The Bertz CT molecular complexity index is 1150. The summed E-state index contributed by atoms with van der Waals surface area (Å²) >= 11 is 6.37. The van der Waals surface area contributed by atoms with Gasteiger partial charge in [-0.2, -0.15) is 5.10 Å². The maximum absolute atomic E-state index is 12.8. The van der Waals surface area contributed by atoms with Gasteiger partial charge < -0.3 is 15.4 Å². The quantitative estimate of drug-likeness (QED) is 0.458. The number of anilines is 2. The Kier molecular flexibility index (Phi) is 7.09. The van der Waals surface area contributed by atoms with Crippen LogP contribution in [0, 0.1) is 6.92 Å². The summed E-state index contributed by atoms with van der Waals surface area (Å²) in [6.45, 7) is 10.1. The minimum Gasteiger partial charge on any atom is -0.473 e. The van der Waals surface area contributed by atoms with Gasteiger partial charge in [-0.15, -0.1) is 0 Å². The van der Waals surface area contributed by atoms with Crippen molar-refractivity contribution in [1.29, 1.82) is 0 Å². The lowest BCUT2D eigenvalue weighted by molar-refractivity contribution is 0.156. The zero-order chi connectivity index (χ0) is 24.3. The van der Waals surface area contributed by atoms with Gasteiger partial charge in [-0.05, 0) is 51.1 Å². The molecule has 8 nitrogen and oxygen atoms in total. The van der Waals surface area contributed by atoms with Crippen LogP contribution in [0.25, 0.3) is 5.69 Å². The van der Waals surface area contributed by atoms with Gasteiger partial charge in [-0.1, -0.05) is 50.1 Å². The summed E-state index contributed by atoms with van der Waals surface area (Å²) in [6.07, 6.45) is 3.45. The van der Waals surface area contributed by atoms with E-state index in [4.69, 9.17) is 21.4 Å². The average molecular weight is 483 g/mol. The lowest BCUT2D eigenvalue weighted by Crippen LogP contribution is -2.34. The van der Waals surface area contributed by atoms with Gasteiger partial charge in [-0.3, -0.25) is 5.32 Å². The molecule has 1 aliphatic rings. The molecule has 3 aromatic rings. The Morgan fingerprint density at radius 2 is 1.85 bits per heavy atom. The number of halogens is 1. The van der Waals surface area contributed by atoms with E-state index in [1.807, 2.05) is 37.3 Å². The minimum absolute atomic E-state index is 0.0902. The number of aromatic nitrogens is 3. The summed E-state index contributed by atoms with van der Waals surface area (Å²) in [6, 6.07) is 11.1. The van der Waals surface area contributed by atoms with Crippen LogP contribution in [0.5, 0.6) is 5.88 Å². The molecule has 0 bridgehead atoms. The van der Waals surface area contributed by atoms with Crippen molar-refractivity contribution in [2.45, 2.75) is 52.1 Å². The fourth-order valence-corrected chi connectivity index (χ4v) is 3.86. The molecule has 1 aromatic carbocycles. The highest BCUT2D eigenvalue weighted by Gasteiger charge is 2.22. The van der Waals surface area contributed by atoms with E-state index in [9.17, 15) is 4.79 Å². The molecular weight excluding hydrogens is 452 g/mol. The molecule has 2 aromatic heterocycles. The molecule has 0 atom stereocenters. The molecule has 0 unspecified atom stereocenters. The zero-order valence-corrected chi connectivity index (χ0v) is 20.7. The van der Waals surface area contributed by atoms with Crippen molar-refractivity contribution < 1.29 is 9.53 Å². The number of nitrogens with zero attached hydrogens (tertiary/aromatic N) is 3. The number of nitrogens with one attached hydrogen (secondary N) is 3. The Labute approximate surface area is 205 Å². The number of aryl methyl sites for hydroxylation is 1. The summed E-state index contributed by atoms with van der Waals surface area (Å²) in [5.74, 6) is 0.947. The first kappa shape index (κ1) is 24.0. The Morgan fingerprint density at radius 1 is 1.15 bits per heavy atom. The van der Waals surface area contributed by atoms with Crippen molar-refractivity contribution in [2.24, 2.45) is 0 Å². The summed E-state index contributed by atoms with van der Waals surface area (Å²) < 4.78 is 7.66. The summed E-state index contributed by atoms with van der Waals surface area (Å²) in [5.41, 5.74) is 3.17. The SMILES string of the molecule is Cc1ccc(-n2nc(C(C)(C)C)cc2NC(=O)Nc2cnc(OC3CCNCC3)c(Cl)c2)cc1. The summed E-state index contributed by atoms with van der Waals surface area (Å²) in [4.78, 5) is 17.1. The number of rotatable bonds is 5. The van der Waals surface area contributed by atoms with Crippen LogP contribution in [0.1, 0.15) is 44.9 Å². The number of carbonyl (C=O) groups is 1. The molecule has 34 heavy (non-hydrogen) atoms. The molecule has 9 heteroatoms. The highest BCUT2D eigenvalue weighted by Crippen LogP contribution is 2.28. The van der Waals surface area contributed by atoms with Crippen molar-refractivity contribution >= 4 is 29.1 Å². The number of amides is 2. The number of ether oxygens (including phenoxy) is 1. The molecule has 3 heterocycles. The number of carbonyl (C=O) groups excluding carboxylic acids is 1. The molecule has 180 valence electrons. The largest absolute Gasteiger partial charge is 0.473 e. The van der Waals surface area contributed by atoms with Crippen molar-refractivity contribution in [2.75, 3.05) is 23.7 Å². The van der Waals surface area contributed by atoms with Crippen LogP contribution in [0.2, 0.25) is 5.02 Å². The molecular formula is C25H31ClN6O2. The van der Waals surface area contributed by atoms with E-state index in [1.54, 1.807) is 16.9 Å². The van der Waals surface area contributed by atoms with Crippen molar-refractivity contribution in [3.05, 3.63) is 58.9 Å². The van der Waals surface area contributed by atoms with Crippen molar-refractivity contribution in [3.8, 4) is 11.6 Å². The molecule has 0 aliphatic carbocycles. The van der Waals surface area contributed by atoms with Gasteiger partial charge in [0.15, 0.2) is 0 Å². The third-order valence-electron chi connectivity index (χ3n) is 5.63. The molecule has 2 amide bonds. The Morgan fingerprint density at radius 3 is 2.50 bits per heavy atom. The second-order valence-corrected chi connectivity index (χ2v) is 9.98. The van der Waals surface area contributed by atoms with Crippen LogP contribution >= 0.6 is 11.6 Å². The van der Waals surface area contributed by atoms with E-state index in [0.717, 1.165) is 42.9 Å². The third-order valence-corrected chi connectivity index (χ3v) is 5.90. The molecule has 0 saturated carbocycles. The summed E-state index contributed by atoms with van der Waals surface area (Å²) in [5, 5.41) is 14.1. The molecule has 3 N–H and O–H groups in total. The number of hydrogen-bond donors (Lipinski definition) is 3. The van der Waals surface area contributed by atoms with Crippen molar-refractivity contribution in [3.63, 3.8) is 0 Å². The monoisotopic (exact) mass is 482 g/mol. The Hall–Kier alpha value is -3.10. The van der Waals surface area contributed by atoms with Gasteiger partial charge in [0.05, 0.1) is 23.3 Å². The fraction of sp³-hybridized carbons (Fsp3) is 0.400. The van der Waals surface area contributed by atoms with Crippen LogP contribution in [0.4, 0.5) is 16.3 Å². The number of hydrogen-bond acceptors (Lipinski definition) is 5. The Balaban J connectivity index is 1.48. The minimum atomic E-state index is -0.418. The van der Waals surface area contributed by atoms with Gasteiger partial charge in [0, 0.05) is 11.5 Å². The average Bonchev–Trinajstić information content (AvgIpc) is 3.21. The molecule has 1 aliphatic heterocycles. The van der Waals surface area contributed by atoms with Crippen LogP contribution in [0.3, 0.4) is 0 Å². The number of urea groups is 1. The van der Waals surface area contributed by atoms with E-state index in [-0.39, 0.29) is 11.5 Å². The van der Waals surface area contributed by atoms with Crippen LogP contribution in [-0.2, 0) is 5.41 Å². The number of pyridine rings is 1. The van der Waals surface area contributed by atoms with Gasteiger partial charge >= 0.3 is 6.03 Å². The third kappa shape index (κ3) is 5.87. The smallest absolute Gasteiger partial charge is 0.324 e. The van der Waals surface area contributed by atoms with Crippen LogP contribution in [-0.4, -0.2) is 40.0 Å². The number of benzene rings is 1. The maximum Gasteiger partial charge on any atom is 0.324 e. The predicted molar refractivity (Wildman–Crippen MR) is 135 cm³/mol. The lowest BCUT2D eigenvalue weighted by atomic mass is 9.92. The van der Waals surface area contributed by atoms with Gasteiger partial charge in [0.2, 0.25) is 5.88 Å². The first-order valence-corrected chi connectivity index (χ1v) is 11.9. The molecule has 4 rings (SSSR count). The van der Waals surface area contributed by atoms with Crippen LogP contribution < -0.4 is 20.7 Å². The van der Waals surface area contributed by atoms with E-state index >= 15 is 0 Å². The zero-order valence-electron chi connectivity index (χ0n) is 20.0. The number of piperidine rings is 1. The van der Waals surface area contributed by atoms with Gasteiger partial charge in [0.1, 0.15) is 16.9 Å². The van der Waals surface area contributed by atoms with Crippen molar-refractivity contribution in [1.82, 2.24) is 20.1 Å². The maximum atomic E-state index is 12.8. The second-order valence-electron chi connectivity index (χ2n) is 9.57. The van der Waals surface area contributed by atoms with E-state index < -0.39 is 6.03 Å². The van der Waals surface area contributed by atoms with E-state index in [0.29, 0.717) is 22.4 Å². The molecule has 1 saturated heterocycles. The van der Waals surface area contributed by atoms with Gasteiger partial charge in [0.25, 0.3) is 0 Å². The van der Waals surface area contributed by atoms with E-state index in [1.165, 1.54) is 0 Å². The van der Waals surface area contributed by atoms with Gasteiger partial charge in [-0.25, -0.2) is 14.5 Å². The topological polar surface area (TPSA) is 93.1 Å². The second kappa shape index (κ2) is 10.0. The molecule has 1 fully saturated rings. The lowest BCUT2D eigenvalue weighted by Gasteiger charge is -2.23. The normalized spacial score (nSPS) is 14.6. The van der Waals surface area contributed by atoms with Crippen LogP contribution in [0.15, 0.2) is 42.6 Å². The van der Waals surface area contributed by atoms with E-state index in [2.05, 4.69) is 41.7 Å². The highest BCUT2D eigenvalue weighted by molar-refractivity contribution is 6.32.